The standard InChI is InChI=1S/C2HNO2S/c4-2(5)3-1-6/h(H,4,5). The van der Waals surface area contributed by atoms with Crippen molar-refractivity contribution in [2.24, 2.45) is 4.99 Å². The minimum atomic E-state index is -1.30. The molecule has 1 N–H and O–H groups in total. The van der Waals surface area contributed by atoms with E-state index in [-0.39, 0.29) is 0 Å². The number of hydrogen-bond donors (Lipinski definition) is 1. The van der Waals surface area contributed by atoms with Gasteiger partial charge in [0, 0.05) is 0 Å². The molecule has 0 spiro atoms. The van der Waals surface area contributed by atoms with E-state index in [1.807, 2.05) is 0 Å². The van der Waals surface area contributed by atoms with Gasteiger partial charge in [-0.25, -0.2) is 4.79 Å². The van der Waals surface area contributed by atoms with Crippen LogP contribution in [0.3, 0.4) is 0 Å². The maximum Gasteiger partial charge on any atom is 0.440 e. The summed E-state index contributed by atoms with van der Waals surface area (Å²) in [7, 11) is 0. The maximum absolute atomic E-state index is 9.30. The lowest BCUT2D eigenvalue weighted by atomic mass is 11.2. The van der Waals surface area contributed by atoms with Crippen LogP contribution in [-0.4, -0.2) is 16.4 Å². The number of isothiocyanates is 1. The monoisotopic (exact) mass is 103 g/mol. The van der Waals surface area contributed by atoms with Crippen molar-refractivity contribution in [1.29, 1.82) is 0 Å². The molecule has 0 aliphatic heterocycles. The van der Waals surface area contributed by atoms with Crippen LogP contribution in [0.5, 0.6) is 0 Å². The highest BCUT2D eigenvalue weighted by atomic mass is 32.1. The van der Waals surface area contributed by atoms with Crippen LogP contribution in [0, 0.1) is 0 Å². The van der Waals surface area contributed by atoms with E-state index in [0.29, 0.717) is 0 Å². The fourth-order valence-corrected chi connectivity index (χ4v) is 0.117. The smallest absolute Gasteiger partial charge is 0.440 e. The Balaban J connectivity index is 3.60. The lowest BCUT2D eigenvalue weighted by Gasteiger charge is -1.63. The van der Waals surface area contributed by atoms with Crippen molar-refractivity contribution in [3.8, 4) is 0 Å². The Morgan fingerprint density at radius 3 is 2.50 bits per heavy atom. The summed E-state index contributed by atoms with van der Waals surface area (Å²) in [6.07, 6.45) is -1.30. The first-order valence-corrected chi connectivity index (χ1v) is 1.49. The van der Waals surface area contributed by atoms with E-state index in [1.165, 1.54) is 0 Å². The Morgan fingerprint density at radius 1 is 2.00 bits per heavy atom. The summed E-state index contributed by atoms with van der Waals surface area (Å²) < 4.78 is 0. The molecule has 0 aromatic heterocycles. The van der Waals surface area contributed by atoms with Gasteiger partial charge in [-0.3, -0.25) is 0 Å². The zero-order valence-corrected chi connectivity index (χ0v) is 3.53. The van der Waals surface area contributed by atoms with Crippen molar-refractivity contribution in [2.45, 2.75) is 0 Å². The number of amides is 1. The lowest BCUT2D eigenvalue weighted by molar-refractivity contribution is 0.206. The van der Waals surface area contributed by atoms with Crippen molar-refractivity contribution in [3.05, 3.63) is 0 Å². The second-order valence-electron chi connectivity index (χ2n) is 0.486. The zero-order chi connectivity index (χ0) is 4.99. The average molecular weight is 103 g/mol. The summed E-state index contributed by atoms with van der Waals surface area (Å²) in [5.41, 5.74) is 0. The molecular weight excluding hydrogens is 102 g/mol. The van der Waals surface area contributed by atoms with Gasteiger partial charge in [-0.05, 0) is 12.2 Å². The number of hydrogen-bond acceptors (Lipinski definition) is 2. The van der Waals surface area contributed by atoms with Crippen molar-refractivity contribution in [1.82, 2.24) is 0 Å². The summed E-state index contributed by atoms with van der Waals surface area (Å²) in [4.78, 5) is 11.9. The molecule has 6 heavy (non-hydrogen) atoms. The van der Waals surface area contributed by atoms with Crippen molar-refractivity contribution >= 4 is 23.5 Å². The van der Waals surface area contributed by atoms with Gasteiger partial charge >= 0.3 is 6.09 Å². The number of carboxylic acid groups (broad SMARTS) is 1. The molecule has 4 heteroatoms. The van der Waals surface area contributed by atoms with E-state index < -0.39 is 6.09 Å². The van der Waals surface area contributed by atoms with Crippen LogP contribution in [0.4, 0.5) is 4.79 Å². The first-order valence-electron chi connectivity index (χ1n) is 1.08. The van der Waals surface area contributed by atoms with Gasteiger partial charge in [-0.1, -0.05) is 0 Å². The molecule has 0 bridgehead atoms. The molecule has 0 rings (SSSR count). The molecule has 32 valence electrons. The molecule has 0 aromatic carbocycles. The third-order valence-corrected chi connectivity index (χ3v) is 0.233. The predicted molar refractivity (Wildman–Crippen MR) is 23.1 cm³/mol. The molecule has 0 saturated heterocycles. The molecule has 0 aliphatic carbocycles. The van der Waals surface area contributed by atoms with Gasteiger partial charge in [0.25, 0.3) is 0 Å². The fourth-order valence-electron chi connectivity index (χ4n) is 0.0390. The molecule has 0 unspecified atom stereocenters. The Hall–Kier alpha value is -0.730. The quantitative estimate of drug-likeness (QED) is 0.364. The molecule has 0 aromatic rings. The van der Waals surface area contributed by atoms with Gasteiger partial charge in [0.15, 0.2) is 0 Å². The fraction of sp³-hybridized carbons (Fsp3) is 0. The largest absolute Gasteiger partial charge is 0.463 e. The van der Waals surface area contributed by atoms with E-state index in [4.69, 9.17) is 5.11 Å². The highest BCUT2D eigenvalue weighted by Gasteiger charge is 1.78. The van der Waals surface area contributed by atoms with Gasteiger partial charge in [0.1, 0.15) is 0 Å². The first kappa shape index (κ1) is 5.27. The summed E-state index contributed by atoms with van der Waals surface area (Å²) >= 11 is 3.93. The number of carbonyl (C=O) groups is 1. The van der Waals surface area contributed by atoms with E-state index in [0.717, 1.165) is 0 Å². The first-order chi connectivity index (χ1) is 2.77. The van der Waals surface area contributed by atoms with Gasteiger partial charge in [0.2, 0.25) is 0 Å². The van der Waals surface area contributed by atoms with Crippen molar-refractivity contribution < 1.29 is 9.90 Å². The Bertz CT molecular complexity index is 104. The molecule has 0 aliphatic rings. The van der Waals surface area contributed by atoms with Gasteiger partial charge < -0.3 is 5.11 Å². The molecule has 3 nitrogen and oxygen atoms in total. The third-order valence-electron chi connectivity index (χ3n) is 0.141. The summed E-state index contributed by atoms with van der Waals surface area (Å²) in [5, 5.41) is 9.29. The second kappa shape index (κ2) is 2.50. The zero-order valence-electron chi connectivity index (χ0n) is 2.71. The minimum absolute atomic E-state index is 1.30. The third kappa shape index (κ3) is 3.27. The number of aliphatic imine (C=N–C) groups is 1. The molecule has 1 amide bonds. The van der Waals surface area contributed by atoms with Crippen LogP contribution in [0.2, 0.25) is 0 Å². The van der Waals surface area contributed by atoms with Crippen LogP contribution in [0.25, 0.3) is 0 Å². The normalized spacial score (nSPS) is 6.00. The SMILES string of the molecule is O=C(O)N=C=S. The van der Waals surface area contributed by atoms with Crippen LogP contribution in [-0.2, 0) is 0 Å². The molecule has 0 atom stereocenters. The predicted octanol–water partition coefficient (Wildman–Crippen LogP) is 0.767. The Kier molecular flexibility index (Phi) is 2.20. The minimum Gasteiger partial charge on any atom is -0.463 e. The molecular formula is C2HNO2S. The lowest BCUT2D eigenvalue weighted by Crippen LogP contribution is -1.79. The topological polar surface area (TPSA) is 49.7 Å². The Labute approximate surface area is 39.3 Å². The van der Waals surface area contributed by atoms with Crippen LogP contribution in [0.1, 0.15) is 0 Å². The van der Waals surface area contributed by atoms with Crippen LogP contribution < -0.4 is 0 Å². The van der Waals surface area contributed by atoms with Crippen LogP contribution in [0.15, 0.2) is 4.99 Å². The van der Waals surface area contributed by atoms with Gasteiger partial charge in [0.05, 0.1) is 5.16 Å². The number of rotatable bonds is 0. The van der Waals surface area contributed by atoms with Gasteiger partial charge in [-0.15, -0.1) is 4.99 Å². The van der Waals surface area contributed by atoms with Crippen molar-refractivity contribution in [2.75, 3.05) is 0 Å². The second-order valence-corrected chi connectivity index (χ2v) is 0.668. The highest BCUT2D eigenvalue weighted by Crippen LogP contribution is 1.62. The molecule has 0 saturated carbocycles. The number of nitrogens with zero attached hydrogens (tertiary/aromatic N) is 1. The Morgan fingerprint density at radius 2 is 2.50 bits per heavy atom. The summed E-state index contributed by atoms with van der Waals surface area (Å²) in [5.74, 6) is 0. The van der Waals surface area contributed by atoms with Gasteiger partial charge in [-0.2, -0.15) is 0 Å². The van der Waals surface area contributed by atoms with E-state index >= 15 is 0 Å². The molecule has 0 heterocycles. The van der Waals surface area contributed by atoms with Crippen LogP contribution >= 0.6 is 12.2 Å². The van der Waals surface area contributed by atoms with E-state index in [9.17, 15) is 4.79 Å². The maximum atomic E-state index is 9.30. The van der Waals surface area contributed by atoms with E-state index in [2.05, 4.69) is 17.2 Å². The molecule has 0 radical (unpaired) electrons. The summed E-state index contributed by atoms with van der Waals surface area (Å²) in [6, 6.07) is 0. The van der Waals surface area contributed by atoms with Crippen molar-refractivity contribution in [3.63, 3.8) is 0 Å². The average Bonchev–Trinajstić information content (AvgIpc) is 1.35. The summed E-state index contributed by atoms with van der Waals surface area (Å²) in [6.45, 7) is 0. The number of thiocarbonyl (C=S) groups is 1. The van der Waals surface area contributed by atoms with E-state index in [1.54, 1.807) is 5.16 Å². The highest BCUT2D eigenvalue weighted by molar-refractivity contribution is 7.78. The molecule has 0 fully saturated rings.